The van der Waals surface area contributed by atoms with E-state index in [4.69, 9.17) is 0 Å². The Balaban J connectivity index is 2.44. The number of para-hydroxylation sites is 1. The molecule has 1 heterocycles. The number of hydrogen-bond acceptors (Lipinski definition) is 3. The van der Waals surface area contributed by atoms with Crippen molar-refractivity contribution >= 4 is 17.2 Å². The molecule has 0 atom stereocenters. The van der Waals surface area contributed by atoms with Gasteiger partial charge < -0.3 is 0 Å². The summed E-state index contributed by atoms with van der Waals surface area (Å²) >= 11 is 0. The molecular weight excluding hydrogens is 188 g/mol. The predicted molar refractivity (Wildman–Crippen MR) is 61.1 cm³/mol. The maximum Gasteiger partial charge on any atom is 0.205 e. The molecule has 15 heavy (non-hydrogen) atoms. The second-order valence-corrected chi connectivity index (χ2v) is 4.22. The number of anilines is 1. The number of carbonyl (C=O) groups excluding carboxylic acids is 1. The van der Waals surface area contributed by atoms with Gasteiger partial charge in [-0.3, -0.25) is 9.80 Å². The fourth-order valence-corrected chi connectivity index (χ4v) is 1.81. The Morgan fingerprint density at radius 2 is 1.80 bits per heavy atom. The van der Waals surface area contributed by atoms with Crippen LogP contribution in [0.25, 0.3) is 0 Å². The zero-order chi connectivity index (χ0) is 11.1. The number of ketones is 1. The smallest absolute Gasteiger partial charge is 0.205 e. The lowest BCUT2D eigenvalue weighted by molar-refractivity contribution is -0.116. The van der Waals surface area contributed by atoms with Crippen molar-refractivity contribution in [1.29, 1.82) is 0 Å². The third kappa shape index (κ3) is 1.44. The van der Waals surface area contributed by atoms with E-state index in [9.17, 15) is 4.79 Å². The Morgan fingerprint density at radius 3 is 2.27 bits per heavy atom. The SMILES string of the molecule is CC1=NN(c2ccccc2)C(C)(C)C1=O. The summed E-state index contributed by atoms with van der Waals surface area (Å²) in [5.41, 5.74) is 0.961. The van der Waals surface area contributed by atoms with Crippen molar-refractivity contribution in [3.8, 4) is 0 Å². The molecule has 78 valence electrons. The number of benzene rings is 1. The molecule has 0 amide bonds. The van der Waals surface area contributed by atoms with Crippen molar-refractivity contribution < 1.29 is 4.79 Å². The third-order valence-electron chi connectivity index (χ3n) is 2.66. The standard InChI is InChI=1S/C12H14N2O/c1-9-11(15)12(2,3)14(13-9)10-7-5-4-6-8-10/h4-8H,1-3H3. The molecule has 0 spiro atoms. The van der Waals surface area contributed by atoms with Crippen LogP contribution in [-0.4, -0.2) is 17.0 Å². The number of hydrogen-bond donors (Lipinski definition) is 0. The molecule has 1 aliphatic rings. The number of Topliss-reactive ketones (excluding diaryl/α,β-unsaturated/α-hetero) is 1. The van der Waals surface area contributed by atoms with Gasteiger partial charge in [0.15, 0.2) is 0 Å². The largest absolute Gasteiger partial charge is 0.290 e. The topological polar surface area (TPSA) is 32.7 Å². The van der Waals surface area contributed by atoms with Gasteiger partial charge in [0.1, 0.15) is 11.3 Å². The minimum atomic E-state index is -0.564. The van der Waals surface area contributed by atoms with Crippen molar-refractivity contribution in [3.63, 3.8) is 0 Å². The van der Waals surface area contributed by atoms with Crippen molar-refractivity contribution in [3.05, 3.63) is 30.3 Å². The molecule has 0 fully saturated rings. The van der Waals surface area contributed by atoms with Crippen LogP contribution in [0.1, 0.15) is 20.8 Å². The zero-order valence-corrected chi connectivity index (χ0v) is 9.19. The highest BCUT2D eigenvalue weighted by atomic mass is 16.1. The van der Waals surface area contributed by atoms with Gasteiger partial charge in [-0.2, -0.15) is 5.10 Å². The van der Waals surface area contributed by atoms with Gasteiger partial charge in [0, 0.05) is 0 Å². The molecular formula is C12H14N2O. The Bertz CT molecular complexity index is 421. The van der Waals surface area contributed by atoms with Gasteiger partial charge in [0.25, 0.3) is 0 Å². The van der Waals surface area contributed by atoms with Gasteiger partial charge in [-0.15, -0.1) is 0 Å². The summed E-state index contributed by atoms with van der Waals surface area (Å²) in [6, 6.07) is 9.75. The Kier molecular flexibility index (Phi) is 2.11. The summed E-state index contributed by atoms with van der Waals surface area (Å²) in [6.45, 7) is 5.54. The quantitative estimate of drug-likeness (QED) is 0.699. The van der Waals surface area contributed by atoms with E-state index in [2.05, 4.69) is 5.10 Å². The van der Waals surface area contributed by atoms with E-state index in [0.29, 0.717) is 5.71 Å². The molecule has 0 aliphatic carbocycles. The predicted octanol–water partition coefficient (Wildman–Crippen LogP) is 2.23. The molecule has 0 saturated heterocycles. The second kappa shape index (κ2) is 3.19. The lowest BCUT2D eigenvalue weighted by Gasteiger charge is -2.28. The van der Waals surface area contributed by atoms with Crippen LogP contribution in [-0.2, 0) is 4.79 Å². The average molecular weight is 202 g/mol. The van der Waals surface area contributed by atoms with Crippen molar-refractivity contribution in [2.45, 2.75) is 26.3 Å². The normalized spacial score (nSPS) is 19.3. The summed E-state index contributed by atoms with van der Waals surface area (Å²) in [4.78, 5) is 11.8. The summed E-state index contributed by atoms with van der Waals surface area (Å²) in [7, 11) is 0. The summed E-state index contributed by atoms with van der Waals surface area (Å²) < 4.78 is 0. The Hall–Kier alpha value is -1.64. The molecule has 1 aromatic rings. The monoisotopic (exact) mass is 202 g/mol. The van der Waals surface area contributed by atoms with Crippen molar-refractivity contribution in [2.24, 2.45) is 5.10 Å². The van der Waals surface area contributed by atoms with E-state index in [-0.39, 0.29) is 5.78 Å². The van der Waals surface area contributed by atoms with Crippen LogP contribution in [0, 0.1) is 0 Å². The van der Waals surface area contributed by atoms with Crippen LogP contribution in [0.15, 0.2) is 35.4 Å². The first kappa shape index (κ1) is 9.90. The first-order chi connectivity index (χ1) is 7.03. The second-order valence-electron chi connectivity index (χ2n) is 4.22. The number of hydrazone groups is 1. The maximum atomic E-state index is 11.8. The van der Waals surface area contributed by atoms with E-state index in [1.807, 2.05) is 44.2 Å². The van der Waals surface area contributed by atoms with Gasteiger partial charge in [-0.1, -0.05) is 18.2 Å². The molecule has 3 nitrogen and oxygen atoms in total. The minimum Gasteiger partial charge on any atom is -0.290 e. The summed E-state index contributed by atoms with van der Waals surface area (Å²) in [6.07, 6.45) is 0. The summed E-state index contributed by atoms with van der Waals surface area (Å²) in [5.74, 6) is 0.0892. The van der Waals surface area contributed by atoms with Gasteiger partial charge in [0.05, 0.1) is 5.69 Å². The number of rotatable bonds is 1. The van der Waals surface area contributed by atoms with E-state index in [1.54, 1.807) is 11.9 Å². The fraction of sp³-hybridized carbons (Fsp3) is 0.333. The van der Waals surface area contributed by atoms with E-state index >= 15 is 0 Å². The molecule has 0 unspecified atom stereocenters. The maximum absolute atomic E-state index is 11.8. The van der Waals surface area contributed by atoms with Gasteiger partial charge in [-0.05, 0) is 32.9 Å². The highest BCUT2D eigenvalue weighted by molar-refractivity contribution is 6.44. The number of carbonyl (C=O) groups is 1. The highest BCUT2D eigenvalue weighted by Crippen LogP contribution is 2.29. The van der Waals surface area contributed by atoms with Crippen LogP contribution in [0.2, 0.25) is 0 Å². The van der Waals surface area contributed by atoms with Crippen LogP contribution in [0.5, 0.6) is 0 Å². The molecule has 1 aromatic carbocycles. The first-order valence-electron chi connectivity index (χ1n) is 4.99. The molecule has 0 bridgehead atoms. The molecule has 1 aliphatic heterocycles. The van der Waals surface area contributed by atoms with Crippen LogP contribution in [0.4, 0.5) is 5.69 Å². The highest BCUT2D eigenvalue weighted by Gasteiger charge is 2.41. The van der Waals surface area contributed by atoms with Gasteiger partial charge in [0.2, 0.25) is 5.78 Å². The molecule has 0 aromatic heterocycles. The lowest BCUT2D eigenvalue weighted by Crippen LogP contribution is -2.43. The third-order valence-corrected chi connectivity index (χ3v) is 2.66. The summed E-state index contributed by atoms with van der Waals surface area (Å²) in [5, 5.41) is 6.08. The lowest BCUT2D eigenvalue weighted by atomic mass is 9.97. The van der Waals surface area contributed by atoms with Crippen molar-refractivity contribution in [1.82, 2.24) is 0 Å². The Labute approximate surface area is 89.4 Å². The molecule has 0 radical (unpaired) electrons. The van der Waals surface area contributed by atoms with E-state index in [1.165, 1.54) is 0 Å². The van der Waals surface area contributed by atoms with Crippen molar-refractivity contribution in [2.75, 3.05) is 5.01 Å². The van der Waals surface area contributed by atoms with Crippen LogP contribution >= 0.6 is 0 Å². The molecule has 0 saturated carbocycles. The molecule has 3 heteroatoms. The van der Waals surface area contributed by atoms with Gasteiger partial charge >= 0.3 is 0 Å². The van der Waals surface area contributed by atoms with E-state index in [0.717, 1.165) is 5.69 Å². The molecule has 2 rings (SSSR count). The first-order valence-corrected chi connectivity index (χ1v) is 4.99. The Morgan fingerprint density at radius 1 is 1.20 bits per heavy atom. The van der Waals surface area contributed by atoms with Crippen LogP contribution < -0.4 is 5.01 Å². The minimum absolute atomic E-state index is 0.0892. The average Bonchev–Trinajstić information content (AvgIpc) is 2.43. The van der Waals surface area contributed by atoms with Gasteiger partial charge in [-0.25, -0.2) is 0 Å². The molecule has 0 N–H and O–H groups in total. The zero-order valence-electron chi connectivity index (χ0n) is 9.19. The fourth-order valence-electron chi connectivity index (χ4n) is 1.81. The number of nitrogens with zero attached hydrogens (tertiary/aromatic N) is 2. The van der Waals surface area contributed by atoms with Crippen LogP contribution in [0.3, 0.4) is 0 Å². The van der Waals surface area contributed by atoms with E-state index < -0.39 is 5.54 Å².